The Labute approximate surface area is 160 Å². The molecule has 146 valence electrons. The van der Waals surface area contributed by atoms with Crippen molar-refractivity contribution in [3.05, 3.63) is 24.3 Å². The van der Waals surface area contributed by atoms with Gasteiger partial charge in [0.05, 0.1) is 0 Å². The summed E-state index contributed by atoms with van der Waals surface area (Å²) in [7, 11) is 3.88. The van der Waals surface area contributed by atoms with Crippen LogP contribution < -0.4 is 15.5 Å². The fourth-order valence-corrected chi connectivity index (χ4v) is 3.92. The monoisotopic (exact) mass is 372 g/mol. The Morgan fingerprint density at radius 1 is 1.22 bits per heavy atom. The van der Waals surface area contributed by atoms with Crippen LogP contribution in [0.3, 0.4) is 0 Å². The van der Waals surface area contributed by atoms with Crippen molar-refractivity contribution in [2.75, 3.05) is 30.9 Å². The Balaban J connectivity index is 1.61. The van der Waals surface area contributed by atoms with E-state index in [9.17, 15) is 14.4 Å². The lowest BCUT2D eigenvalue weighted by molar-refractivity contribution is -0.135. The zero-order chi connectivity index (χ0) is 19.6. The average Bonchev–Trinajstić information content (AvgIpc) is 2.87. The molecule has 0 aromatic heterocycles. The van der Waals surface area contributed by atoms with Crippen LogP contribution in [-0.4, -0.2) is 48.9 Å². The second-order valence-corrected chi connectivity index (χ2v) is 7.74. The van der Waals surface area contributed by atoms with E-state index in [1.165, 1.54) is 0 Å². The molecule has 1 aromatic rings. The number of nitrogens with one attached hydrogen (secondary N) is 2. The molecular weight excluding hydrogens is 344 g/mol. The van der Waals surface area contributed by atoms with E-state index in [4.69, 9.17) is 0 Å². The third-order valence-corrected chi connectivity index (χ3v) is 5.75. The highest BCUT2D eigenvalue weighted by atomic mass is 16.2. The first-order chi connectivity index (χ1) is 12.8. The van der Waals surface area contributed by atoms with Gasteiger partial charge >= 0.3 is 6.03 Å². The average molecular weight is 372 g/mol. The summed E-state index contributed by atoms with van der Waals surface area (Å²) in [5.41, 5.74) is 0.846. The molecule has 3 rings (SSSR count). The molecule has 0 atom stereocenters. The predicted molar refractivity (Wildman–Crippen MR) is 105 cm³/mol. The topological polar surface area (TPSA) is 81.8 Å². The van der Waals surface area contributed by atoms with Gasteiger partial charge in [-0.15, -0.1) is 0 Å². The van der Waals surface area contributed by atoms with Crippen molar-refractivity contribution < 1.29 is 14.4 Å². The smallest absolute Gasteiger partial charge is 0.325 e. The standard InChI is InChI=1S/C20H28N4O3/c1-4-14-9-11-20(12-10-14)18(26)24(19(27)22-20)13-17(25)21-15-5-7-16(8-6-15)23(2)3/h5-8,14H,4,9-13H2,1-3H3,(H,21,25)(H,22,27). The van der Waals surface area contributed by atoms with Crippen molar-refractivity contribution in [1.82, 2.24) is 10.2 Å². The second kappa shape index (κ2) is 7.58. The fraction of sp³-hybridized carbons (Fsp3) is 0.550. The number of rotatable bonds is 5. The molecule has 0 unspecified atom stereocenters. The molecule has 1 aliphatic heterocycles. The highest BCUT2D eigenvalue weighted by molar-refractivity contribution is 6.10. The largest absolute Gasteiger partial charge is 0.378 e. The molecule has 7 nitrogen and oxygen atoms in total. The molecule has 1 aliphatic carbocycles. The molecule has 1 heterocycles. The Hall–Kier alpha value is -2.57. The summed E-state index contributed by atoms with van der Waals surface area (Å²) in [6, 6.07) is 6.92. The van der Waals surface area contributed by atoms with Crippen molar-refractivity contribution in [3.8, 4) is 0 Å². The number of carbonyl (C=O) groups is 3. The summed E-state index contributed by atoms with van der Waals surface area (Å²) in [5.74, 6) is -0.0293. The number of amides is 4. The zero-order valence-corrected chi connectivity index (χ0v) is 16.2. The normalized spacial score (nSPS) is 24.9. The molecule has 2 fully saturated rings. The highest BCUT2D eigenvalue weighted by Gasteiger charge is 2.52. The molecule has 4 amide bonds. The van der Waals surface area contributed by atoms with Gasteiger partial charge < -0.3 is 15.5 Å². The van der Waals surface area contributed by atoms with Gasteiger partial charge in [-0.25, -0.2) is 4.79 Å². The number of carbonyl (C=O) groups excluding carboxylic acids is 3. The quantitative estimate of drug-likeness (QED) is 0.779. The summed E-state index contributed by atoms with van der Waals surface area (Å²) < 4.78 is 0. The van der Waals surface area contributed by atoms with E-state index in [1.807, 2.05) is 31.1 Å². The molecule has 0 bridgehead atoms. The van der Waals surface area contributed by atoms with Crippen LogP contribution in [0.1, 0.15) is 39.0 Å². The highest BCUT2D eigenvalue weighted by Crippen LogP contribution is 2.37. The van der Waals surface area contributed by atoms with Crippen molar-refractivity contribution in [1.29, 1.82) is 0 Å². The molecule has 1 saturated carbocycles. The Bertz CT molecular complexity index is 721. The molecule has 0 radical (unpaired) electrons. The minimum atomic E-state index is -0.809. The third kappa shape index (κ3) is 3.91. The maximum Gasteiger partial charge on any atom is 0.325 e. The first kappa shape index (κ1) is 19.2. The van der Waals surface area contributed by atoms with Gasteiger partial charge in [-0.2, -0.15) is 0 Å². The summed E-state index contributed by atoms with van der Waals surface area (Å²) in [6.45, 7) is 1.89. The van der Waals surface area contributed by atoms with Gasteiger partial charge in [0.25, 0.3) is 5.91 Å². The van der Waals surface area contributed by atoms with E-state index in [1.54, 1.807) is 12.1 Å². The van der Waals surface area contributed by atoms with Crippen molar-refractivity contribution >= 4 is 29.2 Å². The van der Waals surface area contributed by atoms with Gasteiger partial charge in [0, 0.05) is 25.5 Å². The van der Waals surface area contributed by atoms with Crippen LogP contribution in [0.5, 0.6) is 0 Å². The lowest BCUT2D eigenvalue weighted by Crippen LogP contribution is -2.49. The number of nitrogens with zero attached hydrogens (tertiary/aromatic N) is 2. The molecule has 1 spiro atoms. The van der Waals surface area contributed by atoms with E-state index < -0.39 is 11.6 Å². The van der Waals surface area contributed by atoms with E-state index in [0.717, 1.165) is 29.8 Å². The molecule has 7 heteroatoms. The lowest BCUT2D eigenvalue weighted by atomic mass is 9.75. The molecule has 1 aromatic carbocycles. The third-order valence-electron chi connectivity index (χ3n) is 5.75. The Morgan fingerprint density at radius 3 is 2.41 bits per heavy atom. The Morgan fingerprint density at radius 2 is 1.85 bits per heavy atom. The lowest BCUT2D eigenvalue weighted by Gasteiger charge is -2.34. The van der Waals surface area contributed by atoms with Gasteiger partial charge in [-0.3, -0.25) is 14.5 Å². The van der Waals surface area contributed by atoms with Crippen LogP contribution in [0.4, 0.5) is 16.2 Å². The second-order valence-electron chi connectivity index (χ2n) is 7.74. The van der Waals surface area contributed by atoms with Crippen LogP contribution >= 0.6 is 0 Å². The minimum absolute atomic E-state index is 0.264. The number of imide groups is 1. The van der Waals surface area contributed by atoms with E-state index in [2.05, 4.69) is 17.6 Å². The van der Waals surface area contributed by atoms with Crippen molar-refractivity contribution in [3.63, 3.8) is 0 Å². The summed E-state index contributed by atoms with van der Waals surface area (Å²) in [4.78, 5) is 40.5. The molecule has 1 saturated heterocycles. The van der Waals surface area contributed by atoms with Crippen LogP contribution in [0.2, 0.25) is 0 Å². The van der Waals surface area contributed by atoms with Gasteiger partial charge in [0.2, 0.25) is 5.91 Å². The zero-order valence-electron chi connectivity index (χ0n) is 16.2. The van der Waals surface area contributed by atoms with Crippen LogP contribution in [0.25, 0.3) is 0 Å². The maximum atomic E-state index is 12.9. The van der Waals surface area contributed by atoms with Gasteiger partial charge in [0.15, 0.2) is 0 Å². The number of hydrogen-bond donors (Lipinski definition) is 2. The van der Waals surface area contributed by atoms with E-state index in [0.29, 0.717) is 24.4 Å². The molecule has 2 aliphatic rings. The van der Waals surface area contributed by atoms with Crippen LogP contribution in [0.15, 0.2) is 24.3 Å². The summed E-state index contributed by atoms with van der Waals surface area (Å²) >= 11 is 0. The van der Waals surface area contributed by atoms with Gasteiger partial charge in [0.1, 0.15) is 12.1 Å². The van der Waals surface area contributed by atoms with E-state index in [-0.39, 0.29) is 18.4 Å². The summed E-state index contributed by atoms with van der Waals surface area (Å²) in [6.07, 6.45) is 4.26. The minimum Gasteiger partial charge on any atom is -0.378 e. The first-order valence-corrected chi connectivity index (χ1v) is 9.56. The molecule has 2 N–H and O–H groups in total. The van der Waals surface area contributed by atoms with E-state index >= 15 is 0 Å². The van der Waals surface area contributed by atoms with Gasteiger partial charge in [-0.1, -0.05) is 13.3 Å². The molecule has 27 heavy (non-hydrogen) atoms. The molecular formula is C20H28N4O3. The number of urea groups is 1. The van der Waals surface area contributed by atoms with Crippen LogP contribution in [-0.2, 0) is 9.59 Å². The number of anilines is 2. The number of hydrogen-bond acceptors (Lipinski definition) is 4. The first-order valence-electron chi connectivity index (χ1n) is 9.56. The summed E-state index contributed by atoms with van der Waals surface area (Å²) in [5, 5.41) is 5.61. The van der Waals surface area contributed by atoms with Crippen LogP contribution in [0, 0.1) is 5.92 Å². The predicted octanol–water partition coefficient (Wildman–Crippen LogP) is 2.58. The maximum absolute atomic E-state index is 12.9. The van der Waals surface area contributed by atoms with Crippen molar-refractivity contribution in [2.45, 2.75) is 44.6 Å². The number of benzene rings is 1. The van der Waals surface area contributed by atoms with Crippen molar-refractivity contribution in [2.24, 2.45) is 5.92 Å². The Kier molecular flexibility index (Phi) is 5.39. The van der Waals surface area contributed by atoms with Gasteiger partial charge in [-0.05, 0) is 55.9 Å². The fourth-order valence-electron chi connectivity index (χ4n) is 3.92. The SMILES string of the molecule is CCC1CCC2(CC1)NC(=O)N(CC(=O)Nc1ccc(N(C)C)cc1)C2=O.